The summed E-state index contributed by atoms with van der Waals surface area (Å²) in [5.41, 5.74) is 11.8. The number of nitrogens with two attached hydrogens (primary N) is 1. The average molecular weight is 394 g/mol. The second-order valence-corrected chi connectivity index (χ2v) is 7.40. The molecule has 0 atom stereocenters. The van der Waals surface area contributed by atoms with E-state index in [0.29, 0.717) is 18.9 Å². The van der Waals surface area contributed by atoms with Crippen LogP contribution in [0.2, 0.25) is 0 Å². The number of hydrogen-bond donors (Lipinski definition) is 1. The molecule has 8 heteroatoms. The van der Waals surface area contributed by atoms with Gasteiger partial charge < -0.3 is 20.1 Å². The first-order valence-corrected chi connectivity index (χ1v) is 9.66. The molecule has 152 valence electrons. The smallest absolute Gasteiger partial charge is 0.263 e. The van der Waals surface area contributed by atoms with Crippen LogP contribution in [0.4, 0.5) is 5.82 Å². The molecule has 0 fully saturated rings. The molecule has 29 heavy (non-hydrogen) atoms. The molecule has 0 radical (unpaired) electrons. The number of aryl methyl sites for hydroxylation is 1. The number of ether oxygens (including phenoxy) is 2. The fourth-order valence-corrected chi connectivity index (χ4v) is 3.62. The Bertz CT molecular complexity index is 1020. The van der Waals surface area contributed by atoms with E-state index in [9.17, 15) is 0 Å². The van der Waals surface area contributed by atoms with Gasteiger partial charge in [0.15, 0.2) is 11.6 Å². The zero-order valence-corrected chi connectivity index (χ0v) is 17.1. The molecule has 0 aliphatic carbocycles. The van der Waals surface area contributed by atoms with E-state index in [4.69, 9.17) is 15.2 Å². The van der Waals surface area contributed by atoms with Crippen LogP contribution in [0, 0.1) is 6.92 Å². The van der Waals surface area contributed by atoms with Crippen LogP contribution >= 0.6 is 0 Å². The number of anilines is 1. The summed E-state index contributed by atoms with van der Waals surface area (Å²) in [6, 6.07) is 4.36. The van der Waals surface area contributed by atoms with Crippen molar-refractivity contribution in [1.82, 2.24) is 24.6 Å². The van der Waals surface area contributed by atoms with Gasteiger partial charge in [0, 0.05) is 25.8 Å². The molecule has 2 N–H and O–H groups in total. The van der Waals surface area contributed by atoms with Crippen molar-refractivity contribution in [2.45, 2.75) is 26.4 Å². The Morgan fingerprint density at radius 1 is 1.24 bits per heavy atom. The second-order valence-electron chi connectivity index (χ2n) is 7.40. The van der Waals surface area contributed by atoms with E-state index >= 15 is 0 Å². The van der Waals surface area contributed by atoms with Gasteiger partial charge in [0.2, 0.25) is 0 Å². The highest BCUT2D eigenvalue weighted by atomic mass is 16.5. The third-order valence-electron chi connectivity index (χ3n) is 5.16. The Kier molecular flexibility index (Phi) is 5.46. The van der Waals surface area contributed by atoms with E-state index in [1.54, 1.807) is 30.4 Å². The molecule has 8 nitrogen and oxygen atoms in total. The first-order chi connectivity index (χ1) is 14.0. The topological polar surface area (TPSA) is 91.3 Å². The van der Waals surface area contributed by atoms with Gasteiger partial charge in [-0.05, 0) is 49.2 Å². The zero-order valence-electron chi connectivity index (χ0n) is 17.1. The summed E-state index contributed by atoms with van der Waals surface area (Å²) in [5, 5.41) is 4.25. The van der Waals surface area contributed by atoms with E-state index in [2.05, 4.69) is 46.1 Å². The van der Waals surface area contributed by atoms with Crippen molar-refractivity contribution in [3.63, 3.8) is 0 Å². The molecule has 3 heterocycles. The van der Waals surface area contributed by atoms with E-state index in [1.807, 2.05) is 0 Å². The highest BCUT2D eigenvalue weighted by Gasteiger charge is 2.18. The van der Waals surface area contributed by atoms with Crippen LogP contribution in [0.25, 0.3) is 11.3 Å². The predicted octanol–water partition coefficient (Wildman–Crippen LogP) is 2.66. The van der Waals surface area contributed by atoms with Crippen LogP contribution in [-0.2, 0) is 24.2 Å². The molecule has 0 saturated carbocycles. The molecule has 1 aromatic carbocycles. The molecule has 1 aliphatic heterocycles. The number of likely N-dealkylation sites (N-methyl/N-ethyl adjacent to an activating group) is 1. The number of aromatic nitrogens is 4. The van der Waals surface area contributed by atoms with E-state index in [-0.39, 0.29) is 11.7 Å². The largest absolute Gasteiger partial charge is 0.433 e. The summed E-state index contributed by atoms with van der Waals surface area (Å²) in [5.74, 6) is 1.08. The standard InChI is InChI=1S/C21H26N6O2/c1-14-8-15(9-16-12-26(2)5-4-18(14)16)19-11-23-20(22)21(25-19)29-17-10-24-27(13-17)6-7-28-3/h8-11,13H,4-7,12H2,1-3H3,(H2,22,23). The first kappa shape index (κ1) is 19.4. The molecule has 2 aromatic heterocycles. The Morgan fingerprint density at radius 2 is 2.10 bits per heavy atom. The van der Waals surface area contributed by atoms with Gasteiger partial charge in [-0.3, -0.25) is 4.68 Å². The molecule has 0 bridgehead atoms. The van der Waals surface area contributed by atoms with Gasteiger partial charge in [-0.15, -0.1) is 0 Å². The third-order valence-corrected chi connectivity index (χ3v) is 5.16. The van der Waals surface area contributed by atoms with Crippen LogP contribution in [0.1, 0.15) is 16.7 Å². The second kappa shape index (κ2) is 8.18. The molecule has 4 rings (SSSR count). The van der Waals surface area contributed by atoms with Crippen molar-refractivity contribution in [2.75, 3.05) is 33.0 Å². The summed E-state index contributed by atoms with van der Waals surface area (Å²) >= 11 is 0. The van der Waals surface area contributed by atoms with Gasteiger partial charge in [0.1, 0.15) is 0 Å². The summed E-state index contributed by atoms with van der Waals surface area (Å²) in [7, 11) is 3.80. The van der Waals surface area contributed by atoms with Crippen LogP contribution in [-0.4, -0.2) is 52.0 Å². The lowest BCUT2D eigenvalue weighted by atomic mass is 9.92. The molecule has 0 saturated heterocycles. The maximum Gasteiger partial charge on any atom is 0.263 e. The number of benzene rings is 1. The monoisotopic (exact) mass is 394 g/mol. The number of hydrogen-bond acceptors (Lipinski definition) is 7. The van der Waals surface area contributed by atoms with Crippen molar-refractivity contribution in [1.29, 1.82) is 0 Å². The lowest BCUT2D eigenvalue weighted by molar-refractivity contribution is 0.183. The minimum atomic E-state index is 0.243. The number of nitrogens with zero attached hydrogens (tertiary/aromatic N) is 5. The fraction of sp³-hybridized carbons (Fsp3) is 0.381. The molecule has 3 aromatic rings. The van der Waals surface area contributed by atoms with Crippen molar-refractivity contribution in [2.24, 2.45) is 0 Å². The van der Waals surface area contributed by atoms with Crippen LogP contribution in [0.5, 0.6) is 11.6 Å². The summed E-state index contributed by atoms with van der Waals surface area (Å²) in [4.78, 5) is 11.3. The average Bonchev–Trinajstić information content (AvgIpc) is 3.15. The van der Waals surface area contributed by atoms with Crippen molar-refractivity contribution in [3.8, 4) is 22.9 Å². The minimum Gasteiger partial charge on any atom is -0.433 e. The van der Waals surface area contributed by atoms with Gasteiger partial charge in [-0.25, -0.2) is 9.97 Å². The molecular weight excluding hydrogens is 368 g/mol. The molecule has 0 amide bonds. The molecule has 0 unspecified atom stereocenters. The van der Waals surface area contributed by atoms with Crippen LogP contribution in [0.3, 0.4) is 0 Å². The van der Waals surface area contributed by atoms with E-state index in [0.717, 1.165) is 30.8 Å². The van der Waals surface area contributed by atoms with Gasteiger partial charge in [0.05, 0.1) is 37.4 Å². The van der Waals surface area contributed by atoms with E-state index < -0.39 is 0 Å². The van der Waals surface area contributed by atoms with Crippen LogP contribution in [0.15, 0.2) is 30.7 Å². The van der Waals surface area contributed by atoms with E-state index in [1.165, 1.54) is 16.7 Å². The minimum absolute atomic E-state index is 0.243. The predicted molar refractivity (Wildman–Crippen MR) is 111 cm³/mol. The Morgan fingerprint density at radius 3 is 2.93 bits per heavy atom. The Labute approximate surface area is 170 Å². The lowest BCUT2D eigenvalue weighted by Gasteiger charge is -2.27. The quantitative estimate of drug-likeness (QED) is 0.687. The summed E-state index contributed by atoms with van der Waals surface area (Å²) in [6.07, 6.45) is 6.18. The number of fused-ring (bicyclic) bond motifs is 1. The van der Waals surface area contributed by atoms with Gasteiger partial charge in [0.25, 0.3) is 5.88 Å². The summed E-state index contributed by atoms with van der Waals surface area (Å²) < 4.78 is 12.7. The number of rotatable bonds is 6. The summed E-state index contributed by atoms with van der Waals surface area (Å²) in [6.45, 7) is 5.40. The Balaban J connectivity index is 1.61. The van der Waals surface area contributed by atoms with Crippen molar-refractivity contribution >= 4 is 5.82 Å². The fourth-order valence-electron chi connectivity index (χ4n) is 3.62. The normalized spacial score (nSPS) is 14.0. The maximum absolute atomic E-state index is 6.01. The van der Waals surface area contributed by atoms with Crippen LogP contribution < -0.4 is 10.5 Å². The molecule has 1 aliphatic rings. The molecular formula is C21H26N6O2. The SMILES string of the molecule is COCCn1cc(Oc2nc(-c3cc(C)c4c(c3)CN(C)CC4)cnc2N)cn1. The zero-order chi connectivity index (χ0) is 20.4. The highest BCUT2D eigenvalue weighted by molar-refractivity contribution is 5.64. The molecule has 0 spiro atoms. The highest BCUT2D eigenvalue weighted by Crippen LogP contribution is 2.31. The van der Waals surface area contributed by atoms with Gasteiger partial charge >= 0.3 is 0 Å². The van der Waals surface area contributed by atoms with Gasteiger partial charge in [-0.1, -0.05) is 0 Å². The first-order valence-electron chi connectivity index (χ1n) is 9.66. The number of methoxy groups -OCH3 is 1. The number of nitrogen functional groups attached to an aromatic ring is 1. The Hall–Kier alpha value is -2.97. The maximum atomic E-state index is 6.01. The van der Waals surface area contributed by atoms with Crippen molar-refractivity contribution in [3.05, 3.63) is 47.4 Å². The third kappa shape index (κ3) is 4.23. The van der Waals surface area contributed by atoms with Crippen molar-refractivity contribution < 1.29 is 9.47 Å². The van der Waals surface area contributed by atoms with Gasteiger partial charge in [-0.2, -0.15) is 5.10 Å². The lowest BCUT2D eigenvalue weighted by Crippen LogP contribution is -2.27.